The predicted octanol–water partition coefficient (Wildman–Crippen LogP) is 5.08. The van der Waals surface area contributed by atoms with Gasteiger partial charge in [0.05, 0.1) is 23.4 Å². The number of methoxy groups -OCH3 is 1. The lowest BCUT2D eigenvalue weighted by molar-refractivity contribution is -0.118. The maximum Gasteiger partial charge on any atom is 0.262 e. The number of aromatic nitrogens is 2. The topological polar surface area (TPSA) is 86.5 Å². The molecule has 0 aliphatic heterocycles. The number of para-hydroxylation sites is 2. The first kappa shape index (κ1) is 20.4. The number of ether oxygens (including phenoxy) is 2. The summed E-state index contributed by atoms with van der Waals surface area (Å²) in [4.78, 5) is 16.7. The first-order valence-electron chi connectivity index (χ1n) is 9.39. The van der Waals surface area contributed by atoms with E-state index in [1.54, 1.807) is 49.6 Å². The number of benzene rings is 3. The second-order valence-electron chi connectivity index (χ2n) is 6.46. The summed E-state index contributed by atoms with van der Waals surface area (Å²) in [6.45, 7) is -0.207. The zero-order valence-corrected chi connectivity index (χ0v) is 17.3. The average Bonchev–Trinajstić information content (AvgIpc) is 3.30. The lowest BCUT2D eigenvalue weighted by Gasteiger charge is -2.10. The van der Waals surface area contributed by atoms with Crippen molar-refractivity contribution in [3.8, 4) is 34.3 Å². The third kappa shape index (κ3) is 4.84. The number of nitrogens with one attached hydrogen (secondary N) is 1. The zero-order valence-electron chi connectivity index (χ0n) is 16.5. The van der Waals surface area contributed by atoms with Gasteiger partial charge >= 0.3 is 0 Å². The molecule has 4 rings (SSSR count). The first-order chi connectivity index (χ1) is 15.1. The van der Waals surface area contributed by atoms with Crippen molar-refractivity contribution in [3.63, 3.8) is 0 Å². The van der Waals surface area contributed by atoms with Gasteiger partial charge < -0.3 is 19.3 Å². The minimum absolute atomic E-state index is 0.207. The number of carbonyl (C=O) groups is 1. The van der Waals surface area contributed by atoms with Gasteiger partial charge in [0.15, 0.2) is 6.61 Å². The van der Waals surface area contributed by atoms with E-state index in [9.17, 15) is 4.79 Å². The van der Waals surface area contributed by atoms with Crippen molar-refractivity contribution in [2.75, 3.05) is 19.0 Å². The smallest absolute Gasteiger partial charge is 0.262 e. The number of hydrogen-bond donors (Lipinski definition) is 1. The maximum atomic E-state index is 12.3. The van der Waals surface area contributed by atoms with E-state index in [0.717, 1.165) is 11.3 Å². The Morgan fingerprint density at radius 1 is 1.03 bits per heavy atom. The van der Waals surface area contributed by atoms with E-state index in [4.69, 9.17) is 25.6 Å². The Morgan fingerprint density at radius 2 is 1.77 bits per heavy atom. The Labute approximate surface area is 183 Å². The highest BCUT2D eigenvalue weighted by molar-refractivity contribution is 6.33. The average molecular weight is 436 g/mol. The Hall–Kier alpha value is -3.84. The van der Waals surface area contributed by atoms with Crippen LogP contribution in [-0.4, -0.2) is 29.8 Å². The van der Waals surface area contributed by atoms with Gasteiger partial charge in [0.1, 0.15) is 11.5 Å². The van der Waals surface area contributed by atoms with E-state index in [1.807, 2.05) is 30.3 Å². The van der Waals surface area contributed by atoms with Crippen LogP contribution in [0.3, 0.4) is 0 Å². The van der Waals surface area contributed by atoms with Gasteiger partial charge in [-0.3, -0.25) is 4.79 Å². The molecule has 31 heavy (non-hydrogen) atoms. The quantitative estimate of drug-likeness (QED) is 0.435. The molecule has 4 aromatic rings. The third-order valence-corrected chi connectivity index (χ3v) is 4.73. The van der Waals surface area contributed by atoms with Gasteiger partial charge in [0, 0.05) is 5.56 Å². The van der Waals surface area contributed by atoms with Crippen molar-refractivity contribution < 1.29 is 18.8 Å². The molecular weight excluding hydrogens is 418 g/mol. The maximum absolute atomic E-state index is 12.3. The highest BCUT2D eigenvalue weighted by Gasteiger charge is 2.16. The van der Waals surface area contributed by atoms with Crippen LogP contribution >= 0.6 is 11.6 Å². The Balaban J connectivity index is 1.48. The zero-order chi connectivity index (χ0) is 21.6. The van der Waals surface area contributed by atoms with Crippen molar-refractivity contribution in [1.29, 1.82) is 0 Å². The van der Waals surface area contributed by atoms with Crippen LogP contribution in [0.2, 0.25) is 5.02 Å². The molecular formula is C23H18ClN3O4. The molecule has 0 atom stereocenters. The number of hydrogen-bond acceptors (Lipinski definition) is 6. The summed E-state index contributed by atoms with van der Waals surface area (Å²) in [7, 11) is 1.60. The molecule has 0 radical (unpaired) electrons. The molecule has 0 unspecified atom stereocenters. The van der Waals surface area contributed by atoms with Crippen molar-refractivity contribution in [2.45, 2.75) is 0 Å². The van der Waals surface area contributed by atoms with E-state index in [2.05, 4.69) is 15.5 Å². The van der Waals surface area contributed by atoms with Crippen LogP contribution in [0.5, 0.6) is 11.5 Å². The largest absolute Gasteiger partial charge is 0.497 e. The minimum atomic E-state index is -0.340. The molecule has 0 spiro atoms. The fourth-order valence-electron chi connectivity index (χ4n) is 2.85. The van der Waals surface area contributed by atoms with E-state index in [0.29, 0.717) is 27.8 Å². The number of halogens is 1. The molecule has 0 saturated carbocycles. The number of rotatable bonds is 7. The summed E-state index contributed by atoms with van der Waals surface area (Å²) in [5, 5.41) is 7.21. The third-order valence-electron chi connectivity index (χ3n) is 4.40. The summed E-state index contributed by atoms with van der Waals surface area (Å²) in [5.74, 6) is 1.56. The molecule has 0 bridgehead atoms. The van der Waals surface area contributed by atoms with Gasteiger partial charge in [-0.2, -0.15) is 4.98 Å². The summed E-state index contributed by atoms with van der Waals surface area (Å²) < 4.78 is 16.3. The lowest BCUT2D eigenvalue weighted by atomic mass is 10.2. The van der Waals surface area contributed by atoms with Gasteiger partial charge in [-0.1, -0.05) is 41.0 Å². The van der Waals surface area contributed by atoms with Gasteiger partial charge in [-0.25, -0.2) is 0 Å². The standard InChI is InChI=1S/C23H18ClN3O4/c1-29-16-12-10-15(11-13-16)22-26-23(31-27-22)17-6-2-5-9-20(17)30-14-21(28)25-19-8-4-3-7-18(19)24/h2-13H,14H2,1H3,(H,25,28). The van der Waals surface area contributed by atoms with Crippen LogP contribution in [0, 0.1) is 0 Å². The van der Waals surface area contributed by atoms with Gasteiger partial charge in [-0.05, 0) is 48.5 Å². The molecule has 1 amide bonds. The van der Waals surface area contributed by atoms with Crippen molar-refractivity contribution >= 4 is 23.2 Å². The van der Waals surface area contributed by atoms with Crippen LogP contribution in [-0.2, 0) is 4.79 Å². The summed E-state index contributed by atoms with van der Waals surface area (Å²) in [5.41, 5.74) is 1.89. The molecule has 0 fully saturated rings. The molecule has 0 aliphatic rings. The Bertz CT molecular complexity index is 1190. The molecule has 8 heteroatoms. The molecule has 7 nitrogen and oxygen atoms in total. The molecule has 1 heterocycles. The van der Waals surface area contributed by atoms with E-state index in [1.165, 1.54) is 0 Å². The first-order valence-corrected chi connectivity index (χ1v) is 9.76. The molecule has 1 N–H and O–H groups in total. The van der Waals surface area contributed by atoms with Crippen molar-refractivity contribution in [2.24, 2.45) is 0 Å². The highest BCUT2D eigenvalue weighted by atomic mass is 35.5. The van der Waals surface area contributed by atoms with E-state index in [-0.39, 0.29) is 18.4 Å². The summed E-state index contributed by atoms with van der Waals surface area (Å²) in [6.07, 6.45) is 0. The van der Waals surface area contributed by atoms with Crippen LogP contribution in [0.1, 0.15) is 0 Å². The van der Waals surface area contributed by atoms with E-state index >= 15 is 0 Å². The number of amides is 1. The van der Waals surface area contributed by atoms with Crippen molar-refractivity contribution in [1.82, 2.24) is 10.1 Å². The number of nitrogens with zero attached hydrogens (tertiary/aromatic N) is 2. The van der Waals surface area contributed by atoms with Crippen LogP contribution in [0.25, 0.3) is 22.8 Å². The van der Waals surface area contributed by atoms with Crippen LogP contribution in [0.15, 0.2) is 77.3 Å². The second-order valence-corrected chi connectivity index (χ2v) is 6.87. The Kier molecular flexibility index (Phi) is 6.14. The normalized spacial score (nSPS) is 10.5. The predicted molar refractivity (Wildman–Crippen MR) is 117 cm³/mol. The Morgan fingerprint density at radius 3 is 2.55 bits per heavy atom. The van der Waals surface area contributed by atoms with Gasteiger partial charge in [0.25, 0.3) is 11.8 Å². The highest BCUT2D eigenvalue weighted by Crippen LogP contribution is 2.30. The monoisotopic (exact) mass is 435 g/mol. The lowest BCUT2D eigenvalue weighted by Crippen LogP contribution is -2.20. The van der Waals surface area contributed by atoms with Crippen LogP contribution < -0.4 is 14.8 Å². The molecule has 1 aromatic heterocycles. The molecule has 156 valence electrons. The fraction of sp³-hybridized carbons (Fsp3) is 0.0870. The van der Waals surface area contributed by atoms with Crippen LogP contribution in [0.4, 0.5) is 5.69 Å². The second kappa shape index (κ2) is 9.32. The van der Waals surface area contributed by atoms with E-state index < -0.39 is 0 Å². The molecule has 3 aromatic carbocycles. The summed E-state index contributed by atoms with van der Waals surface area (Å²) >= 11 is 6.07. The molecule has 0 saturated heterocycles. The van der Waals surface area contributed by atoms with Gasteiger partial charge in [-0.15, -0.1) is 0 Å². The number of carbonyl (C=O) groups excluding carboxylic acids is 1. The minimum Gasteiger partial charge on any atom is -0.497 e. The van der Waals surface area contributed by atoms with Gasteiger partial charge in [0.2, 0.25) is 5.82 Å². The van der Waals surface area contributed by atoms with Crippen molar-refractivity contribution in [3.05, 3.63) is 77.8 Å². The SMILES string of the molecule is COc1ccc(-c2noc(-c3ccccc3OCC(=O)Nc3ccccc3Cl)n2)cc1. The number of anilines is 1. The fourth-order valence-corrected chi connectivity index (χ4v) is 3.03. The molecule has 0 aliphatic carbocycles. The summed E-state index contributed by atoms with van der Waals surface area (Å²) in [6, 6.07) is 21.4.